The number of amides is 1. The molecule has 5 heteroatoms. The van der Waals surface area contributed by atoms with Crippen LogP contribution in [0.1, 0.15) is 12.8 Å². The molecule has 1 atom stereocenters. The van der Waals surface area contributed by atoms with Gasteiger partial charge in [0.1, 0.15) is 11.5 Å². The fourth-order valence-corrected chi connectivity index (χ4v) is 2.29. The van der Waals surface area contributed by atoms with Crippen molar-refractivity contribution < 1.29 is 9.53 Å². The van der Waals surface area contributed by atoms with Crippen LogP contribution in [0.2, 0.25) is 0 Å². The van der Waals surface area contributed by atoms with E-state index >= 15 is 0 Å². The van der Waals surface area contributed by atoms with E-state index in [4.69, 9.17) is 4.74 Å². The summed E-state index contributed by atoms with van der Waals surface area (Å²) in [4.78, 5) is 16.0. The molecule has 108 valence electrons. The molecule has 0 saturated carbocycles. The number of anilines is 1. The van der Waals surface area contributed by atoms with E-state index in [1.165, 1.54) is 0 Å². The lowest BCUT2D eigenvalue weighted by atomic mass is 10.2. The predicted octanol–water partition coefficient (Wildman–Crippen LogP) is 2.56. The van der Waals surface area contributed by atoms with E-state index in [1.807, 2.05) is 36.4 Å². The van der Waals surface area contributed by atoms with Crippen molar-refractivity contribution in [3.63, 3.8) is 0 Å². The highest BCUT2D eigenvalue weighted by molar-refractivity contribution is 5.95. The first-order valence-corrected chi connectivity index (χ1v) is 7.03. The van der Waals surface area contributed by atoms with Gasteiger partial charge in [0.25, 0.3) is 0 Å². The van der Waals surface area contributed by atoms with E-state index in [0.717, 1.165) is 25.1 Å². The largest absolute Gasteiger partial charge is 0.456 e. The summed E-state index contributed by atoms with van der Waals surface area (Å²) in [6, 6.07) is 10.9. The molecule has 21 heavy (non-hydrogen) atoms. The standard InChI is InChI=1S/C16H17N3O2/c20-16(15-4-2-10-18-15)19-12-5-7-13(8-6-12)21-14-3-1-9-17-11-14/h1,3,5-9,11,15,18H,2,4,10H2,(H,19,20). The van der Waals surface area contributed by atoms with Crippen LogP contribution in [0, 0.1) is 0 Å². The van der Waals surface area contributed by atoms with Gasteiger partial charge in [-0.15, -0.1) is 0 Å². The molecule has 1 aromatic heterocycles. The highest BCUT2D eigenvalue weighted by Gasteiger charge is 2.21. The molecule has 0 spiro atoms. The van der Waals surface area contributed by atoms with Crippen LogP contribution in [0.4, 0.5) is 5.69 Å². The highest BCUT2D eigenvalue weighted by Crippen LogP contribution is 2.22. The Morgan fingerprint density at radius 2 is 2.10 bits per heavy atom. The number of aromatic nitrogens is 1. The Kier molecular flexibility index (Phi) is 4.12. The maximum atomic E-state index is 12.0. The van der Waals surface area contributed by atoms with E-state index in [0.29, 0.717) is 11.5 Å². The van der Waals surface area contributed by atoms with Gasteiger partial charge < -0.3 is 15.4 Å². The lowest BCUT2D eigenvalue weighted by molar-refractivity contribution is -0.117. The first-order valence-electron chi connectivity index (χ1n) is 7.03. The first-order chi connectivity index (χ1) is 10.3. The van der Waals surface area contributed by atoms with Crippen molar-refractivity contribution in [2.45, 2.75) is 18.9 Å². The molecule has 1 saturated heterocycles. The number of benzene rings is 1. The summed E-state index contributed by atoms with van der Waals surface area (Å²) in [5, 5.41) is 6.08. The van der Waals surface area contributed by atoms with Crippen LogP contribution >= 0.6 is 0 Å². The smallest absolute Gasteiger partial charge is 0.241 e. The molecule has 0 aliphatic carbocycles. The minimum atomic E-state index is -0.0729. The number of pyridine rings is 1. The number of carbonyl (C=O) groups is 1. The number of nitrogens with zero attached hydrogens (tertiary/aromatic N) is 1. The summed E-state index contributed by atoms with van der Waals surface area (Å²) in [6.07, 6.45) is 5.30. The van der Waals surface area contributed by atoms with Crippen molar-refractivity contribution in [3.05, 3.63) is 48.8 Å². The van der Waals surface area contributed by atoms with Crippen LogP contribution in [-0.4, -0.2) is 23.5 Å². The molecule has 2 N–H and O–H groups in total. The number of carbonyl (C=O) groups excluding carboxylic acids is 1. The summed E-state index contributed by atoms with van der Waals surface area (Å²) in [6.45, 7) is 0.913. The zero-order valence-corrected chi connectivity index (χ0v) is 11.6. The third-order valence-corrected chi connectivity index (χ3v) is 3.37. The van der Waals surface area contributed by atoms with Gasteiger partial charge in [0, 0.05) is 11.9 Å². The summed E-state index contributed by atoms with van der Waals surface area (Å²) < 4.78 is 5.65. The average Bonchev–Trinajstić information content (AvgIpc) is 3.05. The molecule has 0 bridgehead atoms. The summed E-state index contributed by atoms with van der Waals surface area (Å²) in [5.41, 5.74) is 0.771. The molecule has 1 aromatic carbocycles. The number of rotatable bonds is 4. The second-order valence-corrected chi connectivity index (χ2v) is 4.95. The SMILES string of the molecule is O=C(Nc1ccc(Oc2cccnc2)cc1)C1CCCN1. The Morgan fingerprint density at radius 3 is 2.76 bits per heavy atom. The van der Waals surface area contributed by atoms with E-state index in [2.05, 4.69) is 15.6 Å². The van der Waals surface area contributed by atoms with Gasteiger partial charge in [0.15, 0.2) is 0 Å². The van der Waals surface area contributed by atoms with Gasteiger partial charge in [0.2, 0.25) is 5.91 Å². The van der Waals surface area contributed by atoms with Crippen LogP contribution in [0.25, 0.3) is 0 Å². The second kappa shape index (κ2) is 6.37. The van der Waals surface area contributed by atoms with Crippen molar-refractivity contribution in [2.75, 3.05) is 11.9 Å². The summed E-state index contributed by atoms with van der Waals surface area (Å²) in [5.74, 6) is 1.41. The molecular formula is C16H17N3O2. The quantitative estimate of drug-likeness (QED) is 0.905. The Hall–Kier alpha value is -2.40. The second-order valence-electron chi connectivity index (χ2n) is 4.95. The molecule has 0 radical (unpaired) electrons. The molecule has 2 heterocycles. The van der Waals surface area contributed by atoms with Crippen LogP contribution < -0.4 is 15.4 Å². The third-order valence-electron chi connectivity index (χ3n) is 3.37. The van der Waals surface area contributed by atoms with E-state index in [-0.39, 0.29) is 11.9 Å². The molecule has 1 unspecified atom stereocenters. The predicted molar refractivity (Wildman–Crippen MR) is 80.4 cm³/mol. The maximum absolute atomic E-state index is 12.0. The van der Waals surface area contributed by atoms with Gasteiger partial charge in [-0.25, -0.2) is 0 Å². The zero-order valence-electron chi connectivity index (χ0n) is 11.6. The van der Waals surface area contributed by atoms with Crippen molar-refractivity contribution in [2.24, 2.45) is 0 Å². The number of nitrogens with one attached hydrogen (secondary N) is 2. The Bertz CT molecular complexity index is 593. The molecule has 1 amide bonds. The molecule has 5 nitrogen and oxygen atoms in total. The molecule has 1 aliphatic rings. The van der Waals surface area contributed by atoms with Gasteiger partial charge in [-0.1, -0.05) is 0 Å². The van der Waals surface area contributed by atoms with Crippen molar-refractivity contribution in [3.8, 4) is 11.5 Å². The molecule has 1 aliphatic heterocycles. The van der Waals surface area contributed by atoms with Crippen LogP contribution in [0.5, 0.6) is 11.5 Å². The molecule has 3 rings (SSSR count). The Labute approximate surface area is 123 Å². The minimum Gasteiger partial charge on any atom is -0.456 e. The third kappa shape index (κ3) is 3.58. The van der Waals surface area contributed by atoms with Crippen LogP contribution in [-0.2, 0) is 4.79 Å². The first kappa shape index (κ1) is 13.6. The summed E-state index contributed by atoms with van der Waals surface area (Å²) >= 11 is 0. The number of ether oxygens (including phenoxy) is 1. The van der Waals surface area contributed by atoms with Gasteiger partial charge in [-0.2, -0.15) is 0 Å². The van der Waals surface area contributed by atoms with Crippen LogP contribution in [0.15, 0.2) is 48.8 Å². The minimum absolute atomic E-state index is 0.0217. The fraction of sp³-hybridized carbons (Fsp3) is 0.250. The van der Waals surface area contributed by atoms with Crippen molar-refractivity contribution in [1.29, 1.82) is 0 Å². The van der Waals surface area contributed by atoms with Crippen molar-refractivity contribution in [1.82, 2.24) is 10.3 Å². The van der Waals surface area contributed by atoms with Crippen molar-refractivity contribution >= 4 is 11.6 Å². The average molecular weight is 283 g/mol. The van der Waals surface area contributed by atoms with Gasteiger partial charge in [-0.3, -0.25) is 9.78 Å². The number of hydrogen-bond donors (Lipinski definition) is 2. The normalized spacial score (nSPS) is 17.4. The number of hydrogen-bond acceptors (Lipinski definition) is 4. The monoisotopic (exact) mass is 283 g/mol. The molecular weight excluding hydrogens is 266 g/mol. The topological polar surface area (TPSA) is 63.2 Å². The Balaban J connectivity index is 1.60. The summed E-state index contributed by atoms with van der Waals surface area (Å²) in [7, 11) is 0. The molecule has 2 aromatic rings. The Morgan fingerprint density at radius 1 is 1.24 bits per heavy atom. The highest BCUT2D eigenvalue weighted by atomic mass is 16.5. The van der Waals surface area contributed by atoms with Gasteiger partial charge in [-0.05, 0) is 55.8 Å². The maximum Gasteiger partial charge on any atom is 0.241 e. The van der Waals surface area contributed by atoms with E-state index in [9.17, 15) is 4.79 Å². The molecule has 1 fully saturated rings. The van der Waals surface area contributed by atoms with Gasteiger partial charge >= 0.3 is 0 Å². The van der Waals surface area contributed by atoms with E-state index < -0.39 is 0 Å². The van der Waals surface area contributed by atoms with E-state index in [1.54, 1.807) is 12.4 Å². The lowest BCUT2D eigenvalue weighted by Gasteiger charge is -2.11. The zero-order chi connectivity index (χ0) is 14.5. The van der Waals surface area contributed by atoms with Crippen LogP contribution in [0.3, 0.4) is 0 Å². The fourth-order valence-electron chi connectivity index (χ4n) is 2.29. The lowest BCUT2D eigenvalue weighted by Crippen LogP contribution is -2.35. The van der Waals surface area contributed by atoms with Gasteiger partial charge in [0.05, 0.1) is 12.2 Å².